The van der Waals surface area contributed by atoms with Crippen LogP contribution in [-0.2, 0) is 33.3 Å². The number of hydrogen-bond acceptors (Lipinski definition) is 0. The summed E-state index contributed by atoms with van der Waals surface area (Å²) in [7, 11) is 0. The summed E-state index contributed by atoms with van der Waals surface area (Å²) in [5, 5.41) is 0. The summed E-state index contributed by atoms with van der Waals surface area (Å²) < 4.78 is 1.55. The van der Waals surface area contributed by atoms with E-state index in [1.165, 1.54) is 189 Å². The van der Waals surface area contributed by atoms with Gasteiger partial charge in [0.05, 0.1) is 5.57 Å². The summed E-state index contributed by atoms with van der Waals surface area (Å²) >= 11 is 0. The monoisotopic (exact) mass is 869 g/mol. The zero-order chi connectivity index (χ0) is 39.9. The molecular weight excluding hydrogens is 783 g/mol. The van der Waals surface area contributed by atoms with E-state index in [2.05, 4.69) is 88.4 Å². The average Bonchev–Trinajstić information content (AvgIpc) is 3.49. The third-order valence-corrected chi connectivity index (χ3v) is 12.1. The van der Waals surface area contributed by atoms with Crippen molar-refractivity contribution in [2.75, 3.05) is 0 Å². The van der Waals surface area contributed by atoms with Gasteiger partial charge < -0.3 is 5.53 Å². The maximum atomic E-state index is 12.2. The van der Waals surface area contributed by atoms with Crippen LogP contribution in [0.2, 0.25) is 0 Å². The summed E-state index contributed by atoms with van der Waals surface area (Å²) in [6.07, 6.45) is 47.0. The Morgan fingerprint density at radius 3 is 1.26 bits per heavy atom. The Morgan fingerprint density at radius 1 is 0.439 bits per heavy atom. The molecule has 0 atom stereocenters. The molecule has 0 aromatic heterocycles. The van der Waals surface area contributed by atoms with Crippen LogP contribution >= 0.6 is 0 Å². The van der Waals surface area contributed by atoms with Crippen LogP contribution in [0, 0.1) is 0 Å². The largest absolute Gasteiger partial charge is 0.493 e. The molecule has 3 rings (SSSR count). The van der Waals surface area contributed by atoms with E-state index >= 15 is 0 Å². The minimum absolute atomic E-state index is 0. The number of benzene rings is 2. The van der Waals surface area contributed by atoms with Gasteiger partial charge in [0.25, 0.3) is 0 Å². The molecule has 2 aromatic rings. The van der Waals surface area contributed by atoms with Crippen LogP contribution in [0.4, 0.5) is 0 Å². The van der Waals surface area contributed by atoms with Crippen molar-refractivity contribution < 1.29 is 25.1 Å². The topological polar surface area (TPSA) is 25.3 Å². The second-order valence-electron chi connectivity index (χ2n) is 17.2. The maximum Gasteiger partial charge on any atom is 0.215 e. The fraction of sp³-hybridized carbons (Fsp3) is 0.667. The Balaban J connectivity index is 0.0000112. The van der Waals surface area contributed by atoms with Crippen LogP contribution in [0.5, 0.6) is 0 Å². The molecule has 0 radical (unpaired) electrons. The molecular formula is C54H86N2Pd. The van der Waals surface area contributed by atoms with Crippen molar-refractivity contribution in [1.82, 2.24) is 0 Å². The molecule has 0 saturated heterocycles. The van der Waals surface area contributed by atoms with Crippen molar-refractivity contribution in [3.05, 3.63) is 99.6 Å². The predicted octanol–water partition coefficient (Wildman–Crippen LogP) is 18.3. The predicted molar refractivity (Wildman–Crippen MR) is 248 cm³/mol. The van der Waals surface area contributed by atoms with Crippen molar-refractivity contribution >= 4 is 11.4 Å². The number of hydrogen-bond donors (Lipinski definition) is 0. The van der Waals surface area contributed by atoms with Crippen LogP contribution in [0.15, 0.2) is 71.8 Å². The number of allylic oxidation sites excluding steroid dienone is 4. The fourth-order valence-corrected chi connectivity index (χ4v) is 8.61. The normalized spacial score (nSPS) is 13.1. The summed E-state index contributed by atoms with van der Waals surface area (Å²) in [5.41, 5.74) is 21.6. The molecule has 0 bridgehead atoms. The number of nitrogens with zero attached hydrogens (tertiary/aromatic N) is 2. The number of rotatable bonds is 35. The molecule has 2 aromatic carbocycles. The third kappa shape index (κ3) is 20.6. The van der Waals surface area contributed by atoms with Gasteiger partial charge in [-0.05, 0) is 86.8 Å². The smallest absolute Gasteiger partial charge is 0.215 e. The minimum Gasteiger partial charge on any atom is -0.493 e. The summed E-state index contributed by atoms with van der Waals surface area (Å²) in [6, 6.07) is 18.0. The van der Waals surface area contributed by atoms with Crippen LogP contribution in [0.3, 0.4) is 0 Å². The van der Waals surface area contributed by atoms with Gasteiger partial charge in [-0.3, -0.25) is 0 Å². The van der Waals surface area contributed by atoms with Gasteiger partial charge in [-0.15, -0.1) is 0 Å². The Labute approximate surface area is 367 Å². The first-order valence-corrected chi connectivity index (χ1v) is 24.5. The van der Waals surface area contributed by atoms with E-state index < -0.39 is 0 Å². The van der Waals surface area contributed by atoms with Crippen LogP contribution in [-0.4, -0.2) is 4.70 Å². The molecule has 2 nitrogen and oxygen atoms in total. The third-order valence-electron chi connectivity index (χ3n) is 12.1. The van der Waals surface area contributed by atoms with E-state index in [-0.39, 0.29) is 20.4 Å². The summed E-state index contributed by atoms with van der Waals surface area (Å²) in [5.74, 6) is 0. The Kier molecular flexibility index (Phi) is 30.2. The van der Waals surface area contributed by atoms with Crippen molar-refractivity contribution in [3.63, 3.8) is 0 Å². The first kappa shape index (κ1) is 51.1. The van der Waals surface area contributed by atoms with Crippen molar-refractivity contribution in [3.8, 4) is 0 Å². The van der Waals surface area contributed by atoms with E-state index in [1.807, 2.05) is 0 Å². The standard InChI is InChI=1S/C54H86N2.Pd/c1-5-9-13-14-15-16-17-18-19-20-21-22-23-24-25-26-27-28-29-30-31-34-44-52-51(43-12-8-4)53(49-41-35-39-47(45-49)37-32-10-6-2)56(55)54(52)50-42-36-40-48(46-50)38-33-11-7-3;/h34-36,39-42,44-46H,5-33,37-38,43H2,1-4H3;. The summed E-state index contributed by atoms with van der Waals surface area (Å²) in [4.78, 5) is 0. The van der Waals surface area contributed by atoms with Gasteiger partial charge in [-0.1, -0.05) is 218 Å². The first-order chi connectivity index (χ1) is 27.6. The maximum absolute atomic E-state index is 12.2. The molecule has 322 valence electrons. The summed E-state index contributed by atoms with van der Waals surface area (Å²) in [6.45, 7) is 9.12. The molecule has 1 aliphatic heterocycles. The number of unbranched alkanes of at least 4 members (excludes halogenated alkanes) is 25. The van der Waals surface area contributed by atoms with Gasteiger partial charge in [0.1, 0.15) is 0 Å². The van der Waals surface area contributed by atoms with E-state index in [9.17, 15) is 5.53 Å². The zero-order valence-corrected chi connectivity index (χ0v) is 39.2. The van der Waals surface area contributed by atoms with Crippen LogP contribution < -0.4 is 0 Å². The van der Waals surface area contributed by atoms with Gasteiger partial charge in [-0.25, -0.2) is 4.70 Å². The molecule has 0 spiro atoms. The minimum atomic E-state index is 0. The van der Waals surface area contributed by atoms with Gasteiger partial charge in [0.15, 0.2) is 0 Å². The molecule has 1 aliphatic rings. The second kappa shape index (κ2) is 33.7. The average molecular weight is 870 g/mol. The van der Waals surface area contributed by atoms with Crippen LogP contribution in [0.25, 0.3) is 16.9 Å². The second-order valence-corrected chi connectivity index (χ2v) is 17.2. The van der Waals surface area contributed by atoms with Gasteiger partial charge in [0.2, 0.25) is 11.4 Å². The van der Waals surface area contributed by atoms with Crippen molar-refractivity contribution in [2.45, 2.75) is 233 Å². The SMILES string of the molecule is CCCCCCCCCCCCCCCCCCCCCCC=CC1=C(c2cccc(CCCCC)c2)[N+](=[N-])C(c2cccc(CCCCC)c2)=C1CCCC.[Pd]. The Bertz CT molecular complexity index is 1430. The zero-order valence-electron chi connectivity index (χ0n) is 37.6. The molecule has 0 aliphatic carbocycles. The molecule has 57 heavy (non-hydrogen) atoms. The van der Waals surface area contributed by atoms with E-state index in [0.717, 1.165) is 61.0 Å². The molecule has 0 N–H and O–H groups in total. The molecule has 0 unspecified atom stereocenters. The van der Waals surface area contributed by atoms with E-state index in [0.29, 0.717) is 0 Å². The van der Waals surface area contributed by atoms with E-state index in [1.54, 1.807) is 4.70 Å². The Morgan fingerprint density at radius 2 is 0.825 bits per heavy atom. The molecule has 0 amide bonds. The number of aryl methyl sites for hydroxylation is 2. The quantitative estimate of drug-likeness (QED) is 0.0375. The fourth-order valence-electron chi connectivity index (χ4n) is 8.61. The first-order valence-electron chi connectivity index (χ1n) is 24.5. The van der Waals surface area contributed by atoms with Gasteiger partial charge >= 0.3 is 0 Å². The molecule has 1 heterocycles. The molecule has 0 fully saturated rings. The van der Waals surface area contributed by atoms with Gasteiger partial charge in [0, 0.05) is 37.1 Å². The van der Waals surface area contributed by atoms with E-state index in [4.69, 9.17) is 0 Å². The Hall–Kier alpha value is -2.08. The van der Waals surface area contributed by atoms with Crippen molar-refractivity contribution in [2.24, 2.45) is 0 Å². The van der Waals surface area contributed by atoms with Crippen molar-refractivity contribution in [1.29, 1.82) is 0 Å². The molecule has 0 saturated carbocycles. The van der Waals surface area contributed by atoms with Crippen LogP contribution in [0.1, 0.15) is 243 Å². The van der Waals surface area contributed by atoms with Gasteiger partial charge in [-0.2, -0.15) is 0 Å². The molecule has 3 heteroatoms.